The van der Waals surface area contributed by atoms with Gasteiger partial charge in [-0.2, -0.15) is 0 Å². The van der Waals surface area contributed by atoms with Gasteiger partial charge >= 0.3 is 6.09 Å². The average Bonchev–Trinajstić information content (AvgIpc) is 2.64. The topological polar surface area (TPSA) is 78.4 Å². The van der Waals surface area contributed by atoms with Gasteiger partial charge < -0.3 is 29.9 Å². The van der Waals surface area contributed by atoms with E-state index in [0.717, 1.165) is 51.5 Å². The van der Waals surface area contributed by atoms with Crippen LogP contribution in [0.5, 0.6) is 0 Å². The van der Waals surface area contributed by atoms with Crippen LogP contribution in [-0.2, 0) is 9.47 Å². The molecule has 0 saturated carbocycles. The minimum Gasteiger partial charge on any atom is -0.444 e. The quantitative estimate of drug-likeness (QED) is 0.456. The molecule has 1 heterocycles. The highest BCUT2D eigenvalue weighted by atomic mass is 16.6. The molecule has 8 heteroatoms. The Bertz CT molecular complexity index is 471. The third kappa shape index (κ3) is 10.1. The van der Waals surface area contributed by atoms with Crippen molar-refractivity contribution in [3.63, 3.8) is 0 Å². The molecule has 8 nitrogen and oxygen atoms in total. The zero-order valence-electron chi connectivity index (χ0n) is 18.7. The molecule has 1 aliphatic rings. The normalized spacial score (nSPS) is 16.7. The van der Waals surface area contributed by atoms with Crippen LogP contribution < -0.4 is 10.6 Å². The summed E-state index contributed by atoms with van der Waals surface area (Å²) in [4.78, 5) is 20.8. The molecule has 1 rings (SSSR count). The molecular formula is C20H41N5O3. The van der Waals surface area contributed by atoms with Crippen molar-refractivity contribution in [1.29, 1.82) is 0 Å². The lowest BCUT2D eigenvalue weighted by molar-refractivity contribution is 0.0253. The van der Waals surface area contributed by atoms with Crippen LogP contribution in [0.4, 0.5) is 4.79 Å². The number of guanidine groups is 1. The number of nitrogens with one attached hydrogen (secondary N) is 2. The maximum Gasteiger partial charge on any atom is 0.410 e. The van der Waals surface area contributed by atoms with Crippen LogP contribution in [0.3, 0.4) is 0 Å². The Labute approximate surface area is 171 Å². The zero-order valence-corrected chi connectivity index (χ0v) is 18.7. The van der Waals surface area contributed by atoms with Gasteiger partial charge in [-0.1, -0.05) is 6.92 Å². The predicted molar refractivity (Wildman–Crippen MR) is 114 cm³/mol. The van der Waals surface area contributed by atoms with E-state index in [-0.39, 0.29) is 6.09 Å². The van der Waals surface area contributed by atoms with Crippen molar-refractivity contribution < 1.29 is 14.3 Å². The number of aliphatic imine (C=N–C) groups is 1. The first kappa shape index (κ1) is 24.5. The lowest BCUT2D eigenvalue weighted by Crippen LogP contribution is -2.50. The van der Waals surface area contributed by atoms with Crippen LogP contribution in [0.1, 0.15) is 47.0 Å². The van der Waals surface area contributed by atoms with E-state index < -0.39 is 5.60 Å². The van der Waals surface area contributed by atoms with Crippen molar-refractivity contribution in [2.75, 3.05) is 60.0 Å². The van der Waals surface area contributed by atoms with Crippen molar-refractivity contribution in [3.05, 3.63) is 0 Å². The predicted octanol–water partition coefficient (Wildman–Crippen LogP) is 1.91. The largest absolute Gasteiger partial charge is 0.444 e. The van der Waals surface area contributed by atoms with Crippen LogP contribution in [0.2, 0.25) is 0 Å². The Morgan fingerprint density at radius 3 is 2.46 bits per heavy atom. The molecule has 1 amide bonds. The van der Waals surface area contributed by atoms with E-state index in [2.05, 4.69) is 27.4 Å². The number of methoxy groups -OCH3 is 1. The third-order valence-corrected chi connectivity index (χ3v) is 4.58. The van der Waals surface area contributed by atoms with Crippen molar-refractivity contribution >= 4 is 12.1 Å². The summed E-state index contributed by atoms with van der Waals surface area (Å²) in [6.07, 6.45) is 2.81. The van der Waals surface area contributed by atoms with Gasteiger partial charge in [-0.15, -0.1) is 0 Å². The highest BCUT2D eigenvalue weighted by Gasteiger charge is 2.22. The maximum absolute atomic E-state index is 12.3. The summed E-state index contributed by atoms with van der Waals surface area (Å²) < 4.78 is 10.6. The van der Waals surface area contributed by atoms with Gasteiger partial charge in [-0.25, -0.2) is 4.79 Å². The Kier molecular flexibility index (Phi) is 11.2. The molecule has 1 aliphatic heterocycles. The second-order valence-electron chi connectivity index (χ2n) is 8.22. The average molecular weight is 400 g/mol. The Balaban J connectivity index is 2.37. The second kappa shape index (κ2) is 12.8. The van der Waals surface area contributed by atoms with Crippen LogP contribution in [0.25, 0.3) is 0 Å². The van der Waals surface area contributed by atoms with Gasteiger partial charge in [-0.3, -0.25) is 4.99 Å². The number of piperidine rings is 1. The maximum atomic E-state index is 12.3. The number of ether oxygens (including phenoxy) is 2. The van der Waals surface area contributed by atoms with Gasteiger partial charge in [-0.05, 0) is 40.0 Å². The van der Waals surface area contributed by atoms with E-state index in [9.17, 15) is 4.79 Å². The molecule has 0 aromatic heterocycles. The molecule has 0 aromatic rings. The highest BCUT2D eigenvalue weighted by molar-refractivity contribution is 5.80. The Morgan fingerprint density at radius 2 is 1.93 bits per heavy atom. The number of carbonyl (C=O) groups excluding carboxylic acids is 1. The molecule has 0 aromatic carbocycles. The highest BCUT2D eigenvalue weighted by Crippen LogP contribution is 2.11. The van der Waals surface area contributed by atoms with Gasteiger partial charge in [0.15, 0.2) is 5.96 Å². The van der Waals surface area contributed by atoms with E-state index in [4.69, 9.17) is 9.47 Å². The van der Waals surface area contributed by atoms with Crippen molar-refractivity contribution in [1.82, 2.24) is 20.4 Å². The van der Waals surface area contributed by atoms with Crippen molar-refractivity contribution in [2.24, 2.45) is 4.99 Å². The molecule has 0 bridgehead atoms. The number of hydrogen-bond acceptors (Lipinski definition) is 5. The monoisotopic (exact) mass is 399 g/mol. The first-order valence-corrected chi connectivity index (χ1v) is 10.5. The van der Waals surface area contributed by atoms with Gasteiger partial charge in [0.1, 0.15) is 5.60 Å². The van der Waals surface area contributed by atoms with E-state index in [0.29, 0.717) is 25.7 Å². The molecule has 0 aliphatic carbocycles. The first-order chi connectivity index (χ1) is 13.3. The van der Waals surface area contributed by atoms with Crippen LogP contribution >= 0.6 is 0 Å². The fraction of sp³-hybridized carbons (Fsp3) is 0.900. The smallest absolute Gasteiger partial charge is 0.410 e. The second-order valence-corrected chi connectivity index (χ2v) is 8.22. The number of nitrogens with zero attached hydrogens (tertiary/aromatic N) is 3. The van der Waals surface area contributed by atoms with Crippen LogP contribution in [0.15, 0.2) is 4.99 Å². The van der Waals surface area contributed by atoms with Gasteiger partial charge in [0, 0.05) is 59.5 Å². The summed E-state index contributed by atoms with van der Waals surface area (Å²) in [5.74, 6) is 0.788. The summed E-state index contributed by atoms with van der Waals surface area (Å²) in [5, 5.41) is 6.83. The molecule has 2 N–H and O–H groups in total. The minimum atomic E-state index is -0.480. The van der Waals surface area contributed by atoms with E-state index in [1.165, 1.54) is 0 Å². The van der Waals surface area contributed by atoms with Gasteiger partial charge in [0.25, 0.3) is 0 Å². The molecule has 28 heavy (non-hydrogen) atoms. The minimum absolute atomic E-state index is 0.262. The number of amides is 1. The molecule has 164 valence electrons. The SMILES string of the molecule is CCCN(CCNC(=NC)NC1CCN(CCOC)CC1)C(=O)OC(C)(C)C. The van der Waals surface area contributed by atoms with Crippen molar-refractivity contribution in [3.8, 4) is 0 Å². The summed E-state index contributed by atoms with van der Waals surface area (Å²) >= 11 is 0. The fourth-order valence-corrected chi connectivity index (χ4v) is 3.11. The fourth-order valence-electron chi connectivity index (χ4n) is 3.11. The third-order valence-electron chi connectivity index (χ3n) is 4.58. The van der Waals surface area contributed by atoms with Gasteiger partial charge in [0.2, 0.25) is 0 Å². The molecule has 0 spiro atoms. The standard InChI is InChI=1S/C20H41N5O3/c1-7-11-25(19(26)28-20(2,3)4)14-10-22-18(21-5)23-17-8-12-24(13-9-17)15-16-27-6/h17H,7-16H2,1-6H3,(H2,21,22,23). The molecular weight excluding hydrogens is 358 g/mol. The number of likely N-dealkylation sites (tertiary alicyclic amines) is 1. The molecule has 0 atom stereocenters. The zero-order chi connectivity index (χ0) is 21.0. The van der Waals surface area contributed by atoms with Crippen LogP contribution in [0, 0.1) is 0 Å². The summed E-state index contributed by atoms with van der Waals surface area (Å²) in [5.41, 5.74) is -0.480. The Morgan fingerprint density at radius 1 is 1.25 bits per heavy atom. The number of hydrogen-bond donors (Lipinski definition) is 2. The Hall–Kier alpha value is -1.54. The first-order valence-electron chi connectivity index (χ1n) is 10.5. The molecule has 1 fully saturated rings. The summed E-state index contributed by atoms with van der Waals surface area (Å²) in [7, 11) is 3.52. The van der Waals surface area contributed by atoms with E-state index in [1.807, 2.05) is 20.8 Å². The van der Waals surface area contributed by atoms with Gasteiger partial charge in [0.05, 0.1) is 6.61 Å². The van der Waals surface area contributed by atoms with E-state index >= 15 is 0 Å². The number of rotatable bonds is 9. The summed E-state index contributed by atoms with van der Waals surface area (Å²) in [6, 6.07) is 0.419. The van der Waals surface area contributed by atoms with E-state index in [1.54, 1.807) is 19.1 Å². The number of carbonyl (C=O) groups is 1. The molecule has 0 radical (unpaired) electrons. The van der Waals surface area contributed by atoms with Crippen LogP contribution in [-0.4, -0.2) is 93.5 Å². The molecule has 1 saturated heterocycles. The molecule has 0 unspecified atom stereocenters. The van der Waals surface area contributed by atoms with Crippen molar-refractivity contribution in [2.45, 2.75) is 58.6 Å². The summed E-state index contributed by atoms with van der Waals surface area (Å²) in [6.45, 7) is 13.5. The lowest BCUT2D eigenvalue weighted by Gasteiger charge is -2.33. The lowest BCUT2D eigenvalue weighted by atomic mass is 10.1.